The second-order valence-electron chi connectivity index (χ2n) is 4.22. The van der Waals surface area contributed by atoms with E-state index < -0.39 is 0 Å². The molecule has 0 saturated heterocycles. The van der Waals surface area contributed by atoms with Crippen LogP contribution < -0.4 is 4.74 Å². The van der Waals surface area contributed by atoms with Gasteiger partial charge in [0.05, 0.1) is 6.61 Å². The fraction of sp³-hybridized carbons (Fsp3) is 0.538. The molecule has 82 valence electrons. The second kappa shape index (κ2) is 4.67. The van der Waals surface area contributed by atoms with E-state index in [1.54, 1.807) is 0 Å². The van der Waals surface area contributed by atoms with Crippen LogP contribution in [0.5, 0.6) is 5.75 Å². The summed E-state index contributed by atoms with van der Waals surface area (Å²) in [6, 6.07) is 9.25. The van der Waals surface area contributed by atoms with Crippen LogP contribution >= 0.6 is 0 Å². The summed E-state index contributed by atoms with van der Waals surface area (Å²) in [4.78, 5) is 2.43. The Morgan fingerprint density at radius 2 is 1.93 bits per heavy atom. The van der Waals surface area contributed by atoms with Gasteiger partial charge in [0.1, 0.15) is 5.75 Å². The molecule has 0 amide bonds. The molecule has 1 aliphatic carbocycles. The van der Waals surface area contributed by atoms with Crippen molar-refractivity contribution in [2.45, 2.75) is 32.4 Å². The quantitative estimate of drug-likeness (QED) is 0.732. The van der Waals surface area contributed by atoms with Crippen molar-refractivity contribution < 1.29 is 4.74 Å². The molecule has 0 unspecified atom stereocenters. The smallest absolute Gasteiger partial charge is 0.119 e. The third kappa shape index (κ3) is 2.96. The van der Waals surface area contributed by atoms with Gasteiger partial charge >= 0.3 is 0 Å². The molecule has 0 aliphatic heterocycles. The maximum atomic E-state index is 5.41. The first-order valence-corrected chi connectivity index (χ1v) is 5.71. The van der Waals surface area contributed by atoms with Crippen molar-refractivity contribution in [3.63, 3.8) is 0 Å². The topological polar surface area (TPSA) is 12.5 Å². The van der Waals surface area contributed by atoms with E-state index in [-0.39, 0.29) is 0 Å². The van der Waals surface area contributed by atoms with E-state index in [1.807, 2.05) is 6.92 Å². The first-order valence-electron chi connectivity index (χ1n) is 5.71. The van der Waals surface area contributed by atoms with Crippen LogP contribution in [0.15, 0.2) is 24.3 Å². The minimum absolute atomic E-state index is 0.737. The highest BCUT2D eigenvalue weighted by molar-refractivity contribution is 5.27. The Bertz CT molecular complexity index is 303. The van der Waals surface area contributed by atoms with Gasteiger partial charge in [0.15, 0.2) is 0 Å². The molecule has 0 bridgehead atoms. The monoisotopic (exact) mass is 205 g/mol. The first kappa shape index (κ1) is 10.5. The Morgan fingerprint density at radius 3 is 2.47 bits per heavy atom. The van der Waals surface area contributed by atoms with E-state index >= 15 is 0 Å². The van der Waals surface area contributed by atoms with Gasteiger partial charge in [0.25, 0.3) is 0 Å². The van der Waals surface area contributed by atoms with Crippen LogP contribution in [0.4, 0.5) is 0 Å². The second-order valence-corrected chi connectivity index (χ2v) is 4.22. The van der Waals surface area contributed by atoms with Crippen LogP contribution in [0, 0.1) is 0 Å². The molecule has 2 heteroatoms. The van der Waals surface area contributed by atoms with Gasteiger partial charge in [-0.25, -0.2) is 0 Å². The zero-order valence-electron chi connectivity index (χ0n) is 9.57. The van der Waals surface area contributed by atoms with Crippen LogP contribution in [0.1, 0.15) is 25.3 Å². The third-order valence-electron chi connectivity index (χ3n) is 2.84. The average molecular weight is 205 g/mol. The molecule has 2 nitrogen and oxygen atoms in total. The molecule has 0 spiro atoms. The minimum Gasteiger partial charge on any atom is -0.494 e. The Morgan fingerprint density at radius 1 is 1.27 bits per heavy atom. The number of benzene rings is 1. The van der Waals surface area contributed by atoms with Crippen molar-refractivity contribution >= 4 is 0 Å². The zero-order chi connectivity index (χ0) is 10.7. The fourth-order valence-corrected chi connectivity index (χ4v) is 1.79. The summed E-state index contributed by atoms with van der Waals surface area (Å²) in [5.74, 6) is 0.968. The van der Waals surface area contributed by atoms with E-state index in [1.165, 1.54) is 18.4 Å². The number of hydrogen-bond donors (Lipinski definition) is 0. The molecule has 1 fully saturated rings. The molecule has 15 heavy (non-hydrogen) atoms. The summed E-state index contributed by atoms with van der Waals surface area (Å²) in [5, 5.41) is 0. The van der Waals surface area contributed by atoms with Crippen LogP contribution in [0.2, 0.25) is 0 Å². The normalized spacial score (nSPS) is 15.7. The largest absolute Gasteiger partial charge is 0.494 e. The van der Waals surface area contributed by atoms with Crippen molar-refractivity contribution in [2.75, 3.05) is 13.7 Å². The van der Waals surface area contributed by atoms with Crippen LogP contribution in [-0.2, 0) is 6.54 Å². The maximum Gasteiger partial charge on any atom is 0.119 e. The number of ether oxygens (including phenoxy) is 1. The standard InChI is InChI=1S/C13H19NO/c1-3-15-13-8-4-11(5-9-13)10-14(2)12-6-7-12/h4-5,8-9,12H,3,6-7,10H2,1-2H3. The molecule has 2 rings (SSSR count). The molecule has 0 N–H and O–H groups in total. The summed E-state index contributed by atoms with van der Waals surface area (Å²) >= 11 is 0. The van der Waals surface area contributed by atoms with Gasteiger partial charge in [-0.15, -0.1) is 0 Å². The molecule has 1 aromatic rings. The van der Waals surface area contributed by atoms with Crippen LogP contribution in [0.25, 0.3) is 0 Å². The molecular weight excluding hydrogens is 186 g/mol. The van der Waals surface area contributed by atoms with Crippen molar-refractivity contribution in [3.8, 4) is 5.75 Å². The van der Waals surface area contributed by atoms with Gasteiger partial charge in [-0.3, -0.25) is 4.90 Å². The van der Waals surface area contributed by atoms with E-state index in [4.69, 9.17) is 4.74 Å². The van der Waals surface area contributed by atoms with Crippen molar-refractivity contribution in [3.05, 3.63) is 29.8 Å². The van der Waals surface area contributed by atoms with E-state index in [0.29, 0.717) is 0 Å². The summed E-state index contributed by atoms with van der Waals surface area (Å²) in [5.41, 5.74) is 1.37. The van der Waals surface area contributed by atoms with Gasteiger partial charge in [-0.05, 0) is 44.5 Å². The minimum atomic E-state index is 0.737. The predicted octanol–water partition coefficient (Wildman–Crippen LogP) is 2.68. The fourth-order valence-electron chi connectivity index (χ4n) is 1.79. The number of nitrogens with zero attached hydrogens (tertiary/aromatic N) is 1. The Hall–Kier alpha value is -1.02. The average Bonchev–Trinajstić information content (AvgIpc) is 3.04. The lowest BCUT2D eigenvalue weighted by Crippen LogP contribution is -2.19. The van der Waals surface area contributed by atoms with E-state index in [0.717, 1.165) is 24.9 Å². The lowest BCUT2D eigenvalue weighted by atomic mass is 10.2. The van der Waals surface area contributed by atoms with Crippen molar-refractivity contribution in [1.29, 1.82) is 0 Å². The molecule has 1 aromatic carbocycles. The molecule has 0 radical (unpaired) electrons. The predicted molar refractivity (Wildman–Crippen MR) is 62.1 cm³/mol. The van der Waals surface area contributed by atoms with Gasteiger partial charge in [-0.1, -0.05) is 12.1 Å². The van der Waals surface area contributed by atoms with Crippen LogP contribution in [0.3, 0.4) is 0 Å². The highest BCUT2D eigenvalue weighted by Crippen LogP contribution is 2.26. The van der Waals surface area contributed by atoms with Crippen molar-refractivity contribution in [1.82, 2.24) is 4.90 Å². The summed E-state index contributed by atoms with van der Waals surface area (Å²) in [6.45, 7) is 3.80. The van der Waals surface area contributed by atoms with Crippen molar-refractivity contribution in [2.24, 2.45) is 0 Å². The molecule has 1 saturated carbocycles. The SMILES string of the molecule is CCOc1ccc(CN(C)C2CC2)cc1. The third-order valence-corrected chi connectivity index (χ3v) is 2.84. The maximum absolute atomic E-state index is 5.41. The Kier molecular flexibility index (Phi) is 3.27. The van der Waals surface area contributed by atoms with E-state index in [9.17, 15) is 0 Å². The highest BCUT2D eigenvalue weighted by atomic mass is 16.5. The molecule has 0 aromatic heterocycles. The Balaban J connectivity index is 1.91. The summed E-state index contributed by atoms with van der Waals surface area (Å²) in [6.07, 6.45) is 2.74. The van der Waals surface area contributed by atoms with Gasteiger partial charge in [-0.2, -0.15) is 0 Å². The summed E-state index contributed by atoms with van der Waals surface area (Å²) < 4.78 is 5.41. The molecule has 0 heterocycles. The number of rotatable bonds is 5. The Labute approximate surface area is 91.9 Å². The highest BCUT2D eigenvalue weighted by Gasteiger charge is 2.25. The molecule has 1 aliphatic rings. The van der Waals surface area contributed by atoms with Gasteiger partial charge in [0, 0.05) is 12.6 Å². The van der Waals surface area contributed by atoms with Crippen LogP contribution in [-0.4, -0.2) is 24.6 Å². The lowest BCUT2D eigenvalue weighted by molar-refractivity contribution is 0.315. The van der Waals surface area contributed by atoms with E-state index in [2.05, 4.69) is 36.2 Å². The molecular formula is C13H19NO. The zero-order valence-corrected chi connectivity index (χ0v) is 9.57. The van der Waals surface area contributed by atoms with Gasteiger partial charge < -0.3 is 4.74 Å². The molecule has 0 atom stereocenters. The first-order chi connectivity index (χ1) is 7.29. The lowest BCUT2D eigenvalue weighted by Gasteiger charge is -2.15. The number of hydrogen-bond acceptors (Lipinski definition) is 2. The summed E-state index contributed by atoms with van der Waals surface area (Å²) in [7, 11) is 2.20. The van der Waals surface area contributed by atoms with Gasteiger partial charge in [0.2, 0.25) is 0 Å².